The lowest BCUT2D eigenvalue weighted by Crippen LogP contribution is -2.26. The summed E-state index contributed by atoms with van der Waals surface area (Å²) >= 11 is 12.1. The monoisotopic (exact) mass is 182 g/mol. The van der Waals surface area contributed by atoms with Gasteiger partial charge in [-0.2, -0.15) is 0 Å². The Morgan fingerprint density at radius 2 is 1.50 bits per heavy atom. The summed E-state index contributed by atoms with van der Waals surface area (Å²) < 4.78 is 0. The number of hydrogen-bond acceptors (Lipinski definition) is 0. The second-order valence-corrected chi connectivity index (χ2v) is 5.60. The molecule has 0 aromatic heterocycles. The van der Waals surface area contributed by atoms with E-state index in [9.17, 15) is 0 Å². The topological polar surface area (TPSA) is 0 Å². The lowest BCUT2D eigenvalue weighted by molar-refractivity contribution is 0.482. The molecule has 2 heteroatoms. The Morgan fingerprint density at radius 3 is 1.60 bits per heavy atom. The maximum Gasteiger partial charge on any atom is 0.0432 e. The molecule has 0 radical (unpaired) electrons. The Labute approximate surface area is 73.9 Å². The molecule has 0 aromatic rings. The lowest BCUT2D eigenvalue weighted by atomic mass is 9.95. The van der Waals surface area contributed by atoms with Crippen LogP contribution in [0.3, 0.4) is 0 Å². The summed E-state index contributed by atoms with van der Waals surface area (Å²) in [4.78, 5) is -0.308. The third-order valence-electron chi connectivity index (χ3n) is 1.53. The van der Waals surface area contributed by atoms with Gasteiger partial charge in [-0.05, 0) is 33.6 Å². The summed E-state index contributed by atoms with van der Waals surface area (Å²) in [6.07, 6.45) is 1.81. The summed E-state index contributed by atoms with van der Waals surface area (Å²) in [6.45, 7) is 8.09. The Morgan fingerprint density at radius 1 is 1.10 bits per heavy atom. The van der Waals surface area contributed by atoms with Gasteiger partial charge in [-0.25, -0.2) is 0 Å². The van der Waals surface area contributed by atoms with Gasteiger partial charge in [0.15, 0.2) is 0 Å². The Bertz CT molecular complexity index is 100. The van der Waals surface area contributed by atoms with Crippen molar-refractivity contribution in [3.05, 3.63) is 0 Å². The standard InChI is InChI=1S/C8H16Cl2/c1-5-8(4,10)6-7(2,3)9/h5-6H2,1-4H3. The minimum atomic E-state index is -0.174. The maximum atomic E-state index is 6.12. The number of rotatable bonds is 3. The van der Waals surface area contributed by atoms with Crippen LogP contribution in [0.15, 0.2) is 0 Å². The zero-order valence-electron chi connectivity index (χ0n) is 7.17. The van der Waals surface area contributed by atoms with Crippen LogP contribution in [-0.4, -0.2) is 9.75 Å². The fraction of sp³-hybridized carbons (Fsp3) is 1.00. The first-order chi connectivity index (χ1) is 4.27. The van der Waals surface area contributed by atoms with Crippen LogP contribution in [0.4, 0.5) is 0 Å². The first-order valence-electron chi connectivity index (χ1n) is 3.65. The molecule has 1 unspecified atom stereocenters. The molecule has 0 rings (SSSR count). The zero-order valence-corrected chi connectivity index (χ0v) is 8.68. The molecule has 62 valence electrons. The smallest absolute Gasteiger partial charge is 0.0432 e. The van der Waals surface area contributed by atoms with Gasteiger partial charge < -0.3 is 0 Å². The fourth-order valence-electron chi connectivity index (χ4n) is 1.00. The molecule has 0 N–H and O–H groups in total. The van der Waals surface area contributed by atoms with Gasteiger partial charge in [0, 0.05) is 9.75 Å². The third kappa shape index (κ3) is 5.37. The molecule has 0 aliphatic rings. The Balaban J connectivity index is 3.89. The van der Waals surface area contributed by atoms with Crippen molar-refractivity contribution >= 4 is 23.2 Å². The summed E-state index contributed by atoms with van der Waals surface area (Å²) in [5.74, 6) is 0. The highest BCUT2D eigenvalue weighted by molar-refractivity contribution is 6.26. The van der Waals surface area contributed by atoms with Crippen LogP contribution >= 0.6 is 23.2 Å². The van der Waals surface area contributed by atoms with E-state index < -0.39 is 0 Å². The molecule has 0 saturated carbocycles. The van der Waals surface area contributed by atoms with E-state index in [-0.39, 0.29) is 9.75 Å². The van der Waals surface area contributed by atoms with E-state index in [4.69, 9.17) is 23.2 Å². The average Bonchev–Trinajstić information content (AvgIpc) is 1.60. The van der Waals surface area contributed by atoms with Crippen molar-refractivity contribution in [2.75, 3.05) is 0 Å². The van der Waals surface area contributed by atoms with E-state index in [0.717, 1.165) is 12.8 Å². The highest BCUT2D eigenvalue weighted by Gasteiger charge is 2.27. The van der Waals surface area contributed by atoms with Crippen LogP contribution in [0, 0.1) is 0 Å². The molecule has 0 nitrogen and oxygen atoms in total. The van der Waals surface area contributed by atoms with Crippen LogP contribution in [0.2, 0.25) is 0 Å². The van der Waals surface area contributed by atoms with Gasteiger partial charge in [0.05, 0.1) is 0 Å². The summed E-state index contributed by atoms with van der Waals surface area (Å²) in [7, 11) is 0. The maximum absolute atomic E-state index is 6.12. The Hall–Kier alpha value is 0.580. The van der Waals surface area contributed by atoms with Gasteiger partial charge in [-0.15, -0.1) is 23.2 Å². The quantitative estimate of drug-likeness (QED) is 0.583. The first kappa shape index (κ1) is 10.6. The molecule has 10 heavy (non-hydrogen) atoms. The van der Waals surface area contributed by atoms with Gasteiger partial charge >= 0.3 is 0 Å². The SMILES string of the molecule is CCC(C)(Cl)CC(C)(C)Cl. The molecule has 0 aliphatic carbocycles. The molecule has 0 heterocycles. The van der Waals surface area contributed by atoms with E-state index in [1.54, 1.807) is 0 Å². The molecule has 0 aromatic carbocycles. The molecule has 0 fully saturated rings. The highest BCUT2D eigenvalue weighted by atomic mass is 35.5. The molecule has 0 amide bonds. The first-order valence-corrected chi connectivity index (χ1v) is 4.40. The second-order valence-electron chi connectivity index (χ2n) is 3.66. The van der Waals surface area contributed by atoms with E-state index in [1.807, 2.05) is 20.8 Å². The van der Waals surface area contributed by atoms with Gasteiger partial charge in [0.2, 0.25) is 0 Å². The van der Waals surface area contributed by atoms with Crippen LogP contribution < -0.4 is 0 Å². The van der Waals surface area contributed by atoms with Crippen molar-refractivity contribution in [2.24, 2.45) is 0 Å². The minimum absolute atomic E-state index is 0.134. The Kier molecular flexibility index (Phi) is 3.51. The van der Waals surface area contributed by atoms with Crippen molar-refractivity contribution < 1.29 is 0 Å². The summed E-state index contributed by atoms with van der Waals surface area (Å²) in [5, 5.41) is 0. The fourth-order valence-corrected chi connectivity index (χ4v) is 1.70. The van der Waals surface area contributed by atoms with Crippen molar-refractivity contribution in [1.82, 2.24) is 0 Å². The van der Waals surface area contributed by atoms with Crippen LogP contribution in [-0.2, 0) is 0 Å². The molecule has 1 atom stereocenters. The van der Waals surface area contributed by atoms with Crippen LogP contribution in [0.25, 0.3) is 0 Å². The van der Waals surface area contributed by atoms with Crippen LogP contribution in [0.1, 0.15) is 40.5 Å². The number of halogens is 2. The molecule has 0 saturated heterocycles. The predicted molar refractivity (Wildman–Crippen MR) is 49.1 cm³/mol. The highest BCUT2D eigenvalue weighted by Crippen LogP contribution is 2.32. The predicted octanol–water partition coefficient (Wildman–Crippen LogP) is 3.80. The van der Waals surface area contributed by atoms with Gasteiger partial charge in [0.1, 0.15) is 0 Å². The van der Waals surface area contributed by atoms with E-state index >= 15 is 0 Å². The normalized spacial score (nSPS) is 18.6. The molecule has 0 bridgehead atoms. The van der Waals surface area contributed by atoms with E-state index in [2.05, 4.69) is 6.92 Å². The largest absolute Gasteiger partial charge is 0.120 e. The van der Waals surface area contributed by atoms with E-state index in [0.29, 0.717) is 0 Å². The third-order valence-corrected chi connectivity index (χ3v) is 2.06. The zero-order chi connectivity index (χ0) is 8.41. The van der Waals surface area contributed by atoms with Crippen molar-refractivity contribution in [1.29, 1.82) is 0 Å². The molecule has 0 aliphatic heterocycles. The lowest BCUT2D eigenvalue weighted by Gasteiger charge is -2.27. The van der Waals surface area contributed by atoms with Gasteiger partial charge in [0.25, 0.3) is 0 Å². The minimum Gasteiger partial charge on any atom is -0.120 e. The van der Waals surface area contributed by atoms with E-state index in [1.165, 1.54) is 0 Å². The molecular weight excluding hydrogens is 167 g/mol. The summed E-state index contributed by atoms with van der Waals surface area (Å²) in [5.41, 5.74) is 0. The molecular formula is C8H16Cl2. The molecule has 0 spiro atoms. The van der Waals surface area contributed by atoms with Crippen molar-refractivity contribution in [3.63, 3.8) is 0 Å². The summed E-state index contributed by atoms with van der Waals surface area (Å²) in [6, 6.07) is 0. The van der Waals surface area contributed by atoms with Gasteiger partial charge in [-0.1, -0.05) is 6.92 Å². The number of alkyl halides is 2. The number of hydrogen-bond donors (Lipinski definition) is 0. The van der Waals surface area contributed by atoms with Crippen molar-refractivity contribution in [2.45, 2.75) is 50.3 Å². The average molecular weight is 183 g/mol. The van der Waals surface area contributed by atoms with Gasteiger partial charge in [-0.3, -0.25) is 0 Å². The van der Waals surface area contributed by atoms with Crippen LogP contribution in [0.5, 0.6) is 0 Å². The van der Waals surface area contributed by atoms with Crippen molar-refractivity contribution in [3.8, 4) is 0 Å². The second kappa shape index (κ2) is 3.32.